The van der Waals surface area contributed by atoms with E-state index in [1.165, 1.54) is 6.20 Å². The van der Waals surface area contributed by atoms with Gasteiger partial charge in [-0.05, 0) is 30.7 Å². The molecule has 0 bridgehead atoms. The SMILES string of the molecule is CC1=CC(NC(=O)c2cccnc2)=NC1. The third kappa shape index (κ3) is 2.28. The molecule has 4 heteroatoms. The molecule has 0 unspecified atom stereocenters. The van der Waals surface area contributed by atoms with Crippen LogP contribution in [0.15, 0.2) is 41.2 Å². The van der Waals surface area contributed by atoms with Crippen molar-refractivity contribution in [3.8, 4) is 0 Å². The van der Waals surface area contributed by atoms with Crippen LogP contribution in [-0.4, -0.2) is 23.3 Å². The molecule has 0 fully saturated rings. The van der Waals surface area contributed by atoms with Crippen molar-refractivity contribution in [3.05, 3.63) is 41.7 Å². The zero-order valence-corrected chi connectivity index (χ0v) is 8.40. The summed E-state index contributed by atoms with van der Waals surface area (Å²) in [5, 5.41) is 2.72. The van der Waals surface area contributed by atoms with Crippen molar-refractivity contribution in [1.29, 1.82) is 0 Å². The van der Waals surface area contributed by atoms with Gasteiger partial charge in [-0.25, -0.2) is 0 Å². The van der Waals surface area contributed by atoms with Crippen molar-refractivity contribution in [2.24, 2.45) is 4.99 Å². The lowest BCUT2D eigenvalue weighted by Crippen LogP contribution is -2.28. The van der Waals surface area contributed by atoms with E-state index >= 15 is 0 Å². The predicted molar refractivity (Wildman–Crippen MR) is 57.8 cm³/mol. The van der Waals surface area contributed by atoms with Gasteiger partial charge in [-0.2, -0.15) is 0 Å². The van der Waals surface area contributed by atoms with Crippen LogP contribution in [0.5, 0.6) is 0 Å². The van der Waals surface area contributed by atoms with Crippen molar-refractivity contribution in [3.63, 3.8) is 0 Å². The summed E-state index contributed by atoms with van der Waals surface area (Å²) >= 11 is 0. The van der Waals surface area contributed by atoms with Crippen molar-refractivity contribution in [2.45, 2.75) is 6.92 Å². The van der Waals surface area contributed by atoms with Crippen LogP contribution in [0.3, 0.4) is 0 Å². The number of aliphatic imine (C=N–C) groups is 1. The summed E-state index contributed by atoms with van der Waals surface area (Å²) in [7, 11) is 0. The molecule has 0 radical (unpaired) electrons. The lowest BCUT2D eigenvalue weighted by Gasteiger charge is -2.01. The zero-order valence-electron chi connectivity index (χ0n) is 8.40. The highest BCUT2D eigenvalue weighted by molar-refractivity contribution is 6.11. The van der Waals surface area contributed by atoms with E-state index in [1.807, 2.05) is 13.0 Å². The topological polar surface area (TPSA) is 54.4 Å². The third-order valence-electron chi connectivity index (χ3n) is 2.05. The Hall–Kier alpha value is -1.97. The third-order valence-corrected chi connectivity index (χ3v) is 2.05. The van der Waals surface area contributed by atoms with Crippen LogP contribution in [0.25, 0.3) is 0 Å². The van der Waals surface area contributed by atoms with Gasteiger partial charge < -0.3 is 5.32 Å². The van der Waals surface area contributed by atoms with E-state index < -0.39 is 0 Å². The van der Waals surface area contributed by atoms with Gasteiger partial charge >= 0.3 is 0 Å². The molecular formula is C11H11N3O. The molecule has 1 aromatic heterocycles. The Kier molecular flexibility index (Phi) is 2.58. The zero-order chi connectivity index (χ0) is 10.7. The highest BCUT2D eigenvalue weighted by Gasteiger charge is 2.09. The number of pyridine rings is 1. The second-order valence-corrected chi connectivity index (χ2v) is 3.39. The maximum absolute atomic E-state index is 11.6. The Morgan fingerprint density at radius 2 is 2.40 bits per heavy atom. The van der Waals surface area contributed by atoms with E-state index in [-0.39, 0.29) is 5.91 Å². The van der Waals surface area contributed by atoms with Gasteiger partial charge in [-0.3, -0.25) is 14.8 Å². The minimum atomic E-state index is -0.173. The Morgan fingerprint density at radius 3 is 3.00 bits per heavy atom. The van der Waals surface area contributed by atoms with Crippen molar-refractivity contribution in [1.82, 2.24) is 10.3 Å². The van der Waals surface area contributed by atoms with Gasteiger partial charge in [0.05, 0.1) is 12.1 Å². The fourth-order valence-electron chi connectivity index (χ4n) is 1.30. The minimum Gasteiger partial charge on any atom is -0.307 e. The summed E-state index contributed by atoms with van der Waals surface area (Å²) in [6, 6.07) is 3.45. The Morgan fingerprint density at radius 1 is 1.53 bits per heavy atom. The summed E-state index contributed by atoms with van der Waals surface area (Å²) in [6.45, 7) is 2.65. The number of amides is 1. The van der Waals surface area contributed by atoms with Crippen molar-refractivity contribution >= 4 is 11.7 Å². The molecule has 4 nitrogen and oxygen atoms in total. The van der Waals surface area contributed by atoms with E-state index in [0.717, 1.165) is 5.57 Å². The number of hydrogen-bond acceptors (Lipinski definition) is 3. The second kappa shape index (κ2) is 4.04. The van der Waals surface area contributed by atoms with Gasteiger partial charge in [0, 0.05) is 12.4 Å². The molecule has 76 valence electrons. The van der Waals surface area contributed by atoms with Crippen molar-refractivity contribution < 1.29 is 4.79 Å². The quantitative estimate of drug-likeness (QED) is 0.741. The van der Waals surface area contributed by atoms with E-state index in [9.17, 15) is 4.79 Å². The lowest BCUT2D eigenvalue weighted by atomic mass is 10.2. The van der Waals surface area contributed by atoms with Gasteiger partial charge in [-0.15, -0.1) is 0 Å². The molecule has 0 atom stereocenters. The first-order valence-corrected chi connectivity index (χ1v) is 4.69. The van der Waals surface area contributed by atoms with E-state index in [4.69, 9.17) is 0 Å². The summed E-state index contributed by atoms with van der Waals surface area (Å²) in [6.07, 6.45) is 5.03. The fourth-order valence-corrected chi connectivity index (χ4v) is 1.30. The average Bonchev–Trinajstić information content (AvgIpc) is 2.65. The smallest absolute Gasteiger partial charge is 0.258 e. The predicted octanol–water partition coefficient (Wildman–Crippen LogP) is 1.17. The van der Waals surface area contributed by atoms with Gasteiger partial charge in [0.1, 0.15) is 5.84 Å². The molecule has 0 spiro atoms. The molecule has 0 aromatic carbocycles. The molecule has 15 heavy (non-hydrogen) atoms. The van der Waals surface area contributed by atoms with Crippen LogP contribution in [-0.2, 0) is 0 Å². The molecule has 1 aliphatic heterocycles. The Balaban J connectivity index is 2.05. The average molecular weight is 201 g/mol. The maximum Gasteiger partial charge on any atom is 0.258 e. The summed E-state index contributed by atoms with van der Waals surface area (Å²) in [5.74, 6) is 0.453. The lowest BCUT2D eigenvalue weighted by molar-refractivity contribution is 0.0977. The van der Waals surface area contributed by atoms with Crippen LogP contribution >= 0.6 is 0 Å². The van der Waals surface area contributed by atoms with Crippen LogP contribution in [0.2, 0.25) is 0 Å². The molecule has 1 aromatic rings. The Labute approximate surface area is 87.8 Å². The van der Waals surface area contributed by atoms with Crippen LogP contribution < -0.4 is 5.32 Å². The molecule has 2 rings (SSSR count). The number of hydrogen-bond donors (Lipinski definition) is 1. The highest BCUT2D eigenvalue weighted by Crippen LogP contribution is 2.03. The number of nitrogens with zero attached hydrogens (tertiary/aromatic N) is 2. The van der Waals surface area contributed by atoms with E-state index in [2.05, 4.69) is 15.3 Å². The normalized spacial score (nSPS) is 14.5. The molecule has 1 aliphatic rings. The number of aromatic nitrogens is 1. The van der Waals surface area contributed by atoms with E-state index in [0.29, 0.717) is 17.9 Å². The van der Waals surface area contributed by atoms with Gasteiger partial charge in [-0.1, -0.05) is 0 Å². The van der Waals surface area contributed by atoms with E-state index in [1.54, 1.807) is 18.3 Å². The molecule has 0 saturated carbocycles. The van der Waals surface area contributed by atoms with Crippen molar-refractivity contribution in [2.75, 3.05) is 6.54 Å². The van der Waals surface area contributed by atoms with Gasteiger partial charge in [0.2, 0.25) is 0 Å². The van der Waals surface area contributed by atoms with Crippen LogP contribution in [0, 0.1) is 0 Å². The minimum absolute atomic E-state index is 0.173. The first-order chi connectivity index (χ1) is 7.25. The number of nitrogens with one attached hydrogen (secondary N) is 1. The number of amidine groups is 1. The second-order valence-electron chi connectivity index (χ2n) is 3.39. The van der Waals surface area contributed by atoms with Crippen LogP contribution in [0.1, 0.15) is 17.3 Å². The maximum atomic E-state index is 11.6. The summed E-state index contributed by atoms with van der Waals surface area (Å²) in [4.78, 5) is 19.7. The molecule has 1 N–H and O–H groups in total. The molecule has 0 saturated heterocycles. The Bertz CT molecular complexity index is 434. The van der Waals surface area contributed by atoms with Gasteiger partial charge in [0.15, 0.2) is 0 Å². The summed E-state index contributed by atoms with van der Waals surface area (Å²) in [5.41, 5.74) is 1.69. The number of carbonyl (C=O) groups excluding carboxylic acids is 1. The molecule has 0 aliphatic carbocycles. The molecule has 2 heterocycles. The fraction of sp³-hybridized carbons (Fsp3) is 0.182. The number of rotatable bonds is 1. The molecule has 1 amide bonds. The standard InChI is InChI=1S/C11H11N3O/c1-8-5-10(13-6-8)14-11(15)9-3-2-4-12-7-9/h2-5,7H,6H2,1H3,(H,13,14,15). The van der Waals surface area contributed by atoms with Crippen LogP contribution in [0.4, 0.5) is 0 Å². The monoisotopic (exact) mass is 201 g/mol. The highest BCUT2D eigenvalue weighted by atomic mass is 16.1. The van der Waals surface area contributed by atoms with Gasteiger partial charge in [0.25, 0.3) is 5.91 Å². The summed E-state index contributed by atoms with van der Waals surface area (Å²) < 4.78 is 0. The molecular weight excluding hydrogens is 190 g/mol. The first-order valence-electron chi connectivity index (χ1n) is 4.69. The first kappa shape index (κ1) is 9.58. The largest absolute Gasteiger partial charge is 0.307 e. The number of carbonyl (C=O) groups is 1.